The summed E-state index contributed by atoms with van der Waals surface area (Å²) in [5.74, 6) is 0.0267. The summed E-state index contributed by atoms with van der Waals surface area (Å²) in [6.45, 7) is 2.16. The minimum Gasteiger partial charge on any atom is -0.384 e. The van der Waals surface area contributed by atoms with Gasteiger partial charge in [0.05, 0.1) is 23.9 Å². The Bertz CT molecular complexity index is 404. The minimum absolute atomic E-state index is 0.0267. The Balaban J connectivity index is 2.08. The molecule has 1 amide bonds. The molecule has 0 bridgehead atoms. The molecular formula is C12H20N4O2. The molecule has 18 heavy (non-hydrogen) atoms. The fourth-order valence-corrected chi connectivity index (χ4v) is 2.37. The highest BCUT2D eigenvalue weighted by Crippen LogP contribution is 2.30. The summed E-state index contributed by atoms with van der Waals surface area (Å²) >= 11 is 0. The second-order valence-corrected chi connectivity index (χ2v) is 4.82. The number of aromatic nitrogens is 2. The van der Waals surface area contributed by atoms with Crippen LogP contribution in [-0.4, -0.2) is 42.5 Å². The van der Waals surface area contributed by atoms with Crippen molar-refractivity contribution in [1.29, 1.82) is 0 Å². The van der Waals surface area contributed by atoms with Crippen LogP contribution in [0.1, 0.15) is 12.8 Å². The Kier molecular flexibility index (Phi) is 3.98. The number of hydrogen-bond acceptors (Lipinski definition) is 4. The van der Waals surface area contributed by atoms with Crippen LogP contribution in [0.2, 0.25) is 0 Å². The van der Waals surface area contributed by atoms with Gasteiger partial charge in [-0.2, -0.15) is 5.10 Å². The van der Waals surface area contributed by atoms with Gasteiger partial charge in [-0.3, -0.25) is 9.48 Å². The van der Waals surface area contributed by atoms with Gasteiger partial charge in [0.1, 0.15) is 0 Å². The number of carbonyl (C=O) groups excluding carboxylic acids is 1. The topological polar surface area (TPSA) is 68.2 Å². The lowest BCUT2D eigenvalue weighted by Gasteiger charge is -2.35. The van der Waals surface area contributed by atoms with E-state index in [-0.39, 0.29) is 5.91 Å². The second-order valence-electron chi connectivity index (χ2n) is 4.82. The number of piperidine rings is 1. The average Bonchev–Trinajstić information content (AvgIpc) is 2.76. The van der Waals surface area contributed by atoms with Crippen molar-refractivity contribution in [3.05, 3.63) is 12.4 Å². The smallest absolute Gasteiger partial charge is 0.233 e. The lowest BCUT2D eigenvalue weighted by molar-refractivity contribution is -0.130. The summed E-state index contributed by atoms with van der Waals surface area (Å²) in [5, 5.41) is 10.2. The number of anilines is 1. The van der Waals surface area contributed by atoms with E-state index in [4.69, 9.17) is 4.74 Å². The van der Waals surface area contributed by atoms with Gasteiger partial charge in [0.15, 0.2) is 0 Å². The monoisotopic (exact) mass is 252 g/mol. The summed E-state index contributed by atoms with van der Waals surface area (Å²) in [5.41, 5.74) is 0.312. The second kappa shape index (κ2) is 5.49. The predicted molar refractivity (Wildman–Crippen MR) is 68.3 cm³/mol. The van der Waals surface area contributed by atoms with Crippen molar-refractivity contribution >= 4 is 11.6 Å². The van der Waals surface area contributed by atoms with Gasteiger partial charge in [-0.15, -0.1) is 0 Å². The summed E-state index contributed by atoms with van der Waals surface area (Å²) < 4.78 is 6.91. The highest BCUT2D eigenvalue weighted by molar-refractivity contribution is 5.95. The molecule has 0 unspecified atom stereocenters. The van der Waals surface area contributed by atoms with E-state index in [2.05, 4.69) is 15.7 Å². The number of hydrogen-bond donors (Lipinski definition) is 2. The third-order valence-corrected chi connectivity index (χ3v) is 3.43. The van der Waals surface area contributed by atoms with E-state index in [9.17, 15) is 4.79 Å². The molecule has 0 aromatic carbocycles. The minimum atomic E-state index is -0.421. The van der Waals surface area contributed by atoms with E-state index in [0.717, 1.165) is 31.6 Å². The van der Waals surface area contributed by atoms with Crippen LogP contribution in [0.25, 0.3) is 0 Å². The number of carbonyl (C=O) groups is 1. The summed E-state index contributed by atoms with van der Waals surface area (Å²) in [7, 11) is 3.46. The maximum Gasteiger partial charge on any atom is 0.233 e. The van der Waals surface area contributed by atoms with Gasteiger partial charge in [0, 0.05) is 20.4 Å². The van der Waals surface area contributed by atoms with E-state index in [0.29, 0.717) is 6.61 Å². The van der Waals surface area contributed by atoms with Crippen LogP contribution in [0.3, 0.4) is 0 Å². The molecule has 1 aliphatic heterocycles. The van der Waals surface area contributed by atoms with Crippen LogP contribution in [0.5, 0.6) is 0 Å². The Hall–Kier alpha value is -1.40. The van der Waals surface area contributed by atoms with E-state index < -0.39 is 5.41 Å². The fourth-order valence-electron chi connectivity index (χ4n) is 2.37. The fraction of sp³-hybridized carbons (Fsp3) is 0.667. The van der Waals surface area contributed by atoms with Crippen molar-refractivity contribution in [3.8, 4) is 0 Å². The number of methoxy groups -OCH3 is 1. The van der Waals surface area contributed by atoms with E-state index in [1.54, 1.807) is 24.2 Å². The molecule has 1 fully saturated rings. The van der Waals surface area contributed by atoms with E-state index in [1.165, 1.54) is 0 Å². The van der Waals surface area contributed by atoms with Gasteiger partial charge in [-0.1, -0.05) is 0 Å². The van der Waals surface area contributed by atoms with Crippen LogP contribution in [0, 0.1) is 5.41 Å². The molecule has 100 valence electrons. The van der Waals surface area contributed by atoms with Gasteiger partial charge in [0.2, 0.25) is 5.91 Å². The first-order valence-electron chi connectivity index (χ1n) is 6.16. The maximum absolute atomic E-state index is 12.4. The van der Waals surface area contributed by atoms with Crippen LogP contribution < -0.4 is 10.6 Å². The standard InChI is InChI=1S/C12H20N4O2/c1-16-8-10(7-14-16)15-11(17)12(9-18-2)3-5-13-6-4-12/h7-8,13H,3-6,9H2,1-2H3,(H,15,17). The number of ether oxygens (including phenoxy) is 1. The van der Waals surface area contributed by atoms with Gasteiger partial charge in [-0.25, -0.2) is 0 Å². The molecular weight excluding hydrogens is 232 g/mol. The van der Waals surface area contributed by atoms with Crippen molar-refractivity contribution in [3.63, 3.8) is 0 Å². The number of amides is 1. The van der Waals surface area contributed by atoms with E-state index in [1.807, 2.05) is 7.05 Å². The lowest BCUT2D eigenvalue weighted by Crippen LogP contribution is -2.47. The Morgan fingerprint density at radius 2 is 2.33 bits per heavy atom. The highest BCUT2D eigenvalue weighted by Gasteiger charge is 2.39. The predicted octanol–water partition coefficient (Wildman–Crippen LogP) is 0.375. The highest BCUT2D eigenvalue weighted by atomic mass is 16.5. The average molecular weight is 252 g/mol. The zero-order chi connectivity index (χ0) is 13.0. The molecule has 0 saturated carbocycles. The van der Waals surface area contributed by atoms with Crippen LogP contribution in [0.15, 0.2) is 12.4 Å². The molecule has 6 nitrogen and oxygen atoms in total. The van der Waals surface area contributed by atoms with Crippen LogP contribution >= 0.6 is 0 Å². The van der Waals surface area contributed by atoms with Gasteiger partial charge in [-0.05, 0) is 25.9 Å². The van der Waals surface area contributed by atoms with Crippen molar-refractivity contribution in [2.45, 2.75) is 12.8 Å². The maximum atomic E-state index is 12.4. The quantitative estimate of drug-likeness (QED) is 0.812. The number of aryl methyl sites for hydroxylation is 1. The van der Waals surface area contributed by atoms with Crippen molar-refractivity contribution in [2.24, 2.45) is 12.5 Å². The summed E-state index contributed by atoms with van der Waals surface area (Å²) in [6, 6.07) is 0. The molecule has 2 N–H and O–H groups in total. The molecule has 0 spiro atoms. The molecule has 0 radical (unpaired) electrons. The third-order valence-electron chi connectivity index (χ3n) is 3.43. The number of rotatable bonds is 4. The number of nitrogens with one attached hydrogen (secondary N) is 2. The zero-order valence-electron chi connectivity index (χ0n) is 10.9. The first-order chi connectivity index (χ1) is 8.66. The van der Waals surface area contributed by atoms with Crippen molar-refractivity contribution in [2.75, 3.05) is 32.1 Å². The molecule has 0 atom stereocenters. The van der Waals surface area contributed by atoms with Crippen LogP contribution in [0.4, 0.5) is 5.69 Å². The Morgan fingerprint density at radius 1 is 1.61 bits per heavy atom. The summed E-state index contributed by atoms with van der Waals surface area (Å²) in [4.78, 5) is 12.4. The first-order valence-corrected chi connectivity index (χ1v) is 6.16. The molecule has 1 aromatic rings. The van der Waals surface area contributed by atoms with Crippen LogP contribution in [-0.2, 0) is 16.6 Å². The molecule has 1 aliphatic rings. The zero-order valence-corrected chi connectivity index (χ0v) is 10.9. The molecule has 2 heterocycles. The molecule has 6 heteroatoms. The molecule has 0 aliphatic carbocycles. The van der Waals surface area contributed by atoms with Crippen molar-refractivity contribution < 1.29 is 9.53 Å². The molecule has 1 aromatic heterocycles. The van der Waals surface area contributed by atoms with Gasteiger partial charge in [0.25, 0.3) is 0 Å². The van der Waals surface area contributed by atoms with Crippen molar-refractivity contribution in [1.82, 2.24) is 15.1 Å². The third kappa shape index (κ3) is 2.70. The molecule has 1 saturated heterocycles. The normalized spacial score (nSPS) is 18.6. The Labute approximate surface area is 107 Å². The van der Waals surface area contributed by atoms with E-state index >= 15 is 0 Å². The number of nitrogens with zero attached hydrogens (tertiary/aromatic N) is 2. The lowest BCUT2D eigenvalue weighted by atomic mass is 9.78. The summed E-state index contributed by atoms with van der Waals surface area (Å²) in [6.07, 6.45) is 5.04. The molecule has 2 rings (SSSR count). The van der Waals surface area contributed by atoms with Gasteiger partial charge < -0.3 is 15.4 Å². The SMILES string of the molecule is COCC1(C(=O)Nc2cnn(C)c2)CCNCC1. The Morgan fingerprint density at radius 3 is 2.89 bits per heavy atom. The van der Waals surface area contributed by atoms with Gasteiger partial charge >= 0.3 is 0 Å². The first kappa shape index (κ1) is 13.0. The largest absolute Gasteiger partial charge is 0.384 e.